The summed E-state index contributed by atoms with van der Waals surface area (Å²) in [6, 6.07) is 1.99. The van der Waals surface area contributed by atoms with Crippen molar-refractivity contribution >= 4 is 0 Å². The third kappa shape index (κ3) is 1.34. The number of rotatable bonds is 0. The number of hydrogen-bond acceptors (Lipinski definition) is 1. The van der Waals surface area contributed by atoms with Crippen molar-refractivity contribution in [3.63, 3.8) is 0 Å². The molecule has 2 N–H and O–H groups in total. The van der Waals surface area contributed by atoms with Gasteiger partial charge in [-0.3, -0.25) is 0 Å². The van der Waals surface area contributed by atoms with Gasteiger partial charge in [-0.1, -0.05) is 6.07 Å². The summed E-state index contributed by atoms with van der Waals surface area (Å²) in [6.07, 6.45) is 3.15. The zero-order valence-corrected chi connectivity index (χ0v) is 8.73. The molecule has 0 saturated carbocycles. The fourth-order valence-corrected chi connectivity index (χ4v) is 2.44. The minimum Gasteiger partial charge on any atom is -0.324 e. The van der Waals surface area contributed by atoms with Crippen LogP contribution < -0.4 is 5.73 Å². The molecule has 0 spiro atoms. The quantitative estimate of drug-likeness (QED) is 0.673. The van der Waals surface area contributed by atoms with Crippen LogP contribution in [0, 0.1) is 19.7 Å². The summed E-state index contributed by atoms with van der Waals surface area (Å²) >= 11 is 0. The smallest absolute Gasteiger partial charge is 0.129 e. The van der Waals surface area contributed by atoms with E-state index in [9.17, 15) is 4.39 Å². The predicted molar refractivity (Wildman–Crippen MR) is 55.7 cm³/mol. The molecule has 1 aromatic rings. The molecule has 0 bridgehead atoms. The van der Waals surface area contributed by atoms with Crippen molar-refractivity contribution in [3.05, 3.63) is 34.1 Å². The maximum atomic E-state index is 13.6. The SMILES string of the molecule is Cc1cc2c(c(C)c1F)[C@H](N)CCC2. The van der Waals surface area contributed by atoms with Gasteiger partial charge in [0.15, 0.2) is 0 Å². The minimum atomic E-state index is -0.0823. The van der Waals surface area contributed by atoms with E-state index in [0.29, 0.717) is 0 Å². The molecule has 14 heavy (non-hydrogen) atoms. The highest BCUT2D eigenvalue weighted by Crippen LogP contribution is 2.33. The molecule has 0 aliphatic heterocycles. The standard InChI is InChI=1S/C12H16FN/c1-7-6-9-4-3-5-10(14)11(9)8(2)12(7)13/h6,10H,3-5,14H2,1-2H3/t10-/m1/s1. The Morgan fingerprint density at radius 2 is 2.14 bits per heavy atom. The van der Waals surface area contributed by atoms with Gasteiger partial charge in [0.25, 0.3) is 0 Å². The number of aryl methyl sites for hydroxylation is 2. The van der Waals surface area contributed by atoms with Crippen molar-refractivity contribution in [3.8, 4) is 0 Å². The lowest BCUT2D eigenvalue weighted by molar-refractivity contribution is 0.546. The van der Waals surface area contributed by atoms with Crippen molar-refractivity contribution in [2.24, 2.45) is 5.73 Å². The first-order chi connectivity index (χ1) is 6.61. The largest absolute Gasteiger partial charge is 0.324 e. The van der Waals surface area contributed by atoms with Gasteiger partial charge in [-0.25, -0.2) is 4.39 Å². The second-order valence-corrected chi connectivity index (χ2v) is 4.20. The van der Waals surface area contributed by atoms with Crippen LogP contribution in [0.5, 0.6) is 0 Å². The summed E-state index contributed by atoms with van der Waals surface area (Å²) in [6.45, 7) is 3.66. The highest BCUT2D eigenvalue weighted by molar-refractivity contribution is 5.42. The molecule has 1 nitrogen and oxygen atoms in total. The lowest BCUT2D eigenvalue weighted by Gasteiger charge is -2.25. The molecule has 0 fully saturated rings. The van der Waals surface area contributed by atoms with E-state index in [1.54, 1.807) is 0 Å². The number of fused-ring (bicyclic) bond motifs is 1. The van der Waals surface area contributed by atoms with E-state index >= 15 is 0 Å². The molecule has 1 aliphatic carbocycles. The molecule has 2 rings (SSSR count). The maximum absolute atomic E-state index is 13.6. The molecule has 0 heterocycles. The van der Waals surface area contributed by atoms with Crippen molar-refractivity contribution < 1.29 is 4.39 Å². The highest BCUT2D eigenvalue weighted by atomic mass is 19.1. The van der Waals surface area contributed by atoms with Crippen molar-refractivity contribution in [2.45, 2.75) is 39.2 Å². The van der Waals surface area contributed by atoms with E-state index in [2.05, 4.69) is 0 Å². The Morgan fingerprint density at radius 3 is 2.86 bits per heavy atom. The third-order valence-electron chi connectivity index (χ3n) is 3.15. The Labute approximate surface area is 84.1 Å². The summed E-state index contributed by atoms with van der Waals surface area (Å²) in [4.78, 5) is 0. The van der Waals surface area contributed by atoms with Gasteiger partial charge in [-0.2, -0.15) is 0 Å². The van der Waals surface area contributed by atoms with E-state index in [1.165, 1.54) is 5.56 Å². The minimum absolute atomic E-state index is 0.0360. The molecule has 0 amide bonds. The van der Waals surface area contributed by atoms with Crippen LogP contribution in [0.3, 0.4) is 0 Å². The Morgan fingerprint density at radius 1 is 1.43 bits per heavy atom. The van der Waals surface area contributed by atoms with E-state index in [4.69, 9.17) is 5.73 Å². The summed E-state index contributed by atoms with van der Waals surface area (Å²) in [7, 11) is 0. The first kappa shape index (κ1) is 9.66. The van der Waals surface area contributed by atoms with Crippen LogP contribution in [-0.4, -0.2) is 0 Å². The summed E-state index contributed by atoms with van der Waals surface area (Å²) in [5.41, 5.74) is 9.81. The fourth-order valence-electron chi connectivity index (χ4n) is 2.44. The summed E-state index contributed by atoms with van der Waals surface area (Å²) in [5.74, 6) is -0.0823. The molecule has 1 aliphatic rings. The molecular formula is C12H16FN. The van der Waals surface area contributed by atoms with Crippen LogP contribution in [-0.2, 0) is 6.42 Å². The number of nitrogens with two attached hydrogens (primary N) is 1. The molecule has 76 valence electrons. The van der Waals surface area contributed by atoms with Gasteiger partial charge in [0.1, 0.15) is 5.82 Å². The third-order valence-corrected chi connectivity index (χ3v) is 3.15. The Hall–Kier alpha value is -0.890. The van der Waals surface area contributed by atoms with Gasteiger partial charge in [-0.15, -0.1) is 0 Å². The van der Waals surface area contributed by atoms with Gasteiger partial charge in [0.2, 0.25) is 0 Å². The van der Waals surface area contributed by atoms with Crippen LogP contribution in [0.2, 0.25) is 0 Å². The first-order valence-electron chi connectivity index (χ1n) is 5.15. The van der Waals surface area contributed by atoms with Crippen molar-refractivity contribution in [1.29, 1.82) is 0 Å². The fraction of sp³-hybridized carbons (Fsp3) is 0.500. The summed E-state index contributed by atoms with van der Waals surface area (Å²) in [5, 5.41) is 0. The van der Waals surface area contributed by atoms with Crippen molar-refractivity contribution in [2.75, 3.05) is 0 Å². The molecule has 0 saturated heterocycles. The van der Waals surface area contributed by atoms with Gasteiger partial charge in [0, 0.05) is 6.04 Å². The van der Waals surface area contributed by atoms with Crippen LogP contribution in [0.4, 0.5) is 4.39 Å². The molecule has 0 radical (unpaired) electrons. The van der Waals surface area contributed by atoms with Gasteiger partial charge in [0.05, 0.1) is 0 Å². The normalized spacial score (nSPS) is 20.7. The monoisotopic (exact) mass is 193 g/mol. The molecular weight excluding hydrogens is 177 g/mol. The highest BCUT2D eigenvalue weighted by Gasteiger charge is 2.21. The van der Waals surface area contributed by atoms with E-state index in [0.717, 1.165) is 36.0 Å². The maximum Gasteiger partial charge on any atom is 0.129 e. The Balaban J connectivity index is 2.64. The van der Waals surface area contributed by atoms with Crippen LogP contribution in [0.25, 0.3) is 0 Å². The Bertz CT molecular complexity index is 371. The lowest BCUT2D eigenvalue weighted by Crippen LogP contribution is -2.20. The first-order valence-corrected chi connectivity index (χ1v) is 5.15. The summed E-state index contributed by atoms with van der Waals surface area (Å²) < 4.78 is 13.6. The van der Waals surface area contributed by atoms with Gasteiger partial charge in [-0.05, 0) is 55.4 Å². The second kappa shape index (κ2) is 3.35. The van der Waals surface area contributed by atoms with E-state index in [1.807, 2.05) is 19.9 Å². The topological polar surface area (TPSA) is 26.0 Å². The number of halogens is 1. The zero-order chi connectivity index (χ0) is 10.3. The van der Waals surface area contributed by atoms with Crippen LogP contribution in [0.15, 0.2) is 6.07 Å². The average molecular weight is 193 g/mol. The number of hydrogen-bond donors (Lipinski definition) is 1. The van der Waals surface area contributed by atoms with Crippen LogP contribution >= 0.6 is 0 Å². The molecule has 2 heteroatoms. The zero-order valence-electron chi connectivity index (χ0n) is 8.73. The molecule has 1 atom stereocenters. The van der Waals surface area contributed by atoms with E-state index in [-0.39, 0.29) is 11.9 Å². The molecule has 1 aromatic carbocycles. The van der Waals surface area contributed by atoms with Crippen LogP contribution in [0.1, 0.15) is 41.1 Å². The van der Waals surface area contributed by atoms with Crippen molar-refractivity contribution in [1.82, 2.24) is 0 Å². The predicted octanol–water partition coefficient (Wildman–Crippen LogP) is 2.78. The Kier molecular flexibility index (Phi) is 2.31. The average Bonchev–Trinajstić information content (AvgIpc) is 2.14. The molecule has 0 aromatic heterocycles. The van der Waals surface area contributed by atoms with Gasteiger partial charge >= 0.3 is 0 Å². The van der Waals surface area contributed by atoms with E-state index < -0.39 is 0 Å². The number of benzene rings is 1. The second-order valence-electron chi connectivity index (χ2n) is 4.20. The molecule has 0 unspecified atom stereocenters. The lowest BCUT2D eigenvalue weighted by atomic mass is 9.84. The van der Waals surface area contributed by atoms with Gasteiger partial charge < -0.3 is 5.73 Å².